The lowest BCUT2D eigenvalue weighted by Gasteiger charge is -2.35. The molecule has 10 heteroatoms. The number of nitrogens with two attached hydrogens (primary N) is 1. The van der Waals surface area contributed by atoms with Crippen LogP contribution in [-0.4, -0.2) is 72.8 Å². The van der Waals surface area contributed by atoms with E-state index in [0.717, 1.165) is 6.42 Å². The molecule has 3 fully saturated rings. The van der Waals surface area contributed by atoms with Crippen LogP contribution in [0.25, 0.3) is 10.9 Å². The van der Waals surface area contributed by atoms with Gasteiger partial charge in [0.25, 0.3) is 0 Å². The van der Waals surface area contributed by atoms with Gasteiger partial charge in [0.1, 0.15) is 11.3 Å². The zero-order valence-corrected chi connectivity index (χ0v) is 20.1. The van der Waals surface area contributed by atoms with Crippen LogP contribution in [0.5, 0.6) is 11.5 Å². The van der Waals surface area contributed by atoms with Crippen molar-refractivity contribution < 1.29 is 18.7 Å². The molecule has 184 valence electrons. The smallest absolute Gasteiger partial charge is 0.228 e. The van der Waals surface area contributed by atoms with E-state index in [0.29, 0.717) is 49.9 Å². The van der Waals surface area contributed by atoms with Crippen LogP contribution in [0.2, 0.25) is 0 Å². The Morgan fingerprint density at radius 3 is 2.71 bits per heavy atom. The van der Waals surface area contributed by atoms with E-state index in [2.05, 4.69) is 22.2 Å². The van der Waals surface area contributed by atoms with Gasteiger partial charge in [0.05, 0.1) is 14.2 Å². The van der Waals surface area contributed by atoms with Gasteiger partial charge in [-0.2, -0.15) is 4.98 Å². The molecule has 0 radical (unpaired) electrons. The normalized spacial score (nSPS) is 26.7. The second-order valence-electron chi connectivity index (χ2n) is 9.89. The zero-order chi connectivity index (χ0) is 24.0. The third-order valence-electron chi connectivity index (χ3n) is 7.88. The van der Waals surface area contributed by atoms with E-state index in [1.165, 1.54) is 33.5 Å². The van der Waals surface area contributed by atoms with Crippen molar-refractivity contribution in [1.29, 1.82) is 0 Å². The van der Waals surface area contributed by atoms with Crippen LogP contribution >= 0.6 is 0 Å². The van der Waals surface area contributed by atoms with Gasteiger partial charge < -0.3 is 30.3 Å². The molecule has 1 aliphatic carbocycles. The average Bonchev–Trinajstić information content (AvgIpc) is 3.33. The number of nitrogens with zero attached hydrogens (tertiary/aromatic N) is 4. The van der Waals surface area contributed by atoms with Crippen molar-refractivity contribution in [2.24, 2.45) is 5.92 Å². The number of anilines is 2. The molecule has 1 saturated carbocycles. The summed E-state index contributed by atoms with van der Waals surface area (Å²) in [6.45, 7) is 4.57. The Balaban J connectivity index is 1.26. The number of hydrogen-bond acceptors (Lipinski definition) is 8. The molecule has 0 bridgehead atoms. The Labute approximate surface area is 198 Å². The fraction of sp³-hybridized carbons (Fsp3) is 0.625. The molecule has 9 nitrogen and oxygen atoms in total. The first-order chi connectivity index (χ1) is 16.3. The molecule has 2 saturated heterocycles. The third-order valence-corrected chi connectivity index (χ3v) is 7.88. The Morgan fingerprint density at radius 1 is 1.26 bits per heavy atom. The minimum absolute atomic E-state index is 0.0204. The van der Waals surface area contributed by atoms with E-state index >= 15 is 4.39 Å². The molecule has 3 atom stereocenters. The molecule has 1 aromatic carbocycles. The maximum absolute atomic E-state index is 15.1. The first kappa shape index (κ1) is 22.9. The number of hydrogen-bond donors (Lipinski definition) is 2. The first-order valence-electron chi connectivity index (χ1n) is 12.0. The van der Waals surface area contributed by atoms with Crippen molar-refractivity contribution in [2.45, 2.75) is 50.6 Å². The van der Waals surface area contributed by atoms with Gasteiger partial charge >= 0.3 is 0 Å². The number of piperazine rings is 1. The van der Waals surface area contributed by atoms with E-state index in [1.54, 1.807) is 6.07 Å². The van der Waals surface area contributed by atoms with Gasteiger partial charge in [-0.3, -0.25) is 4.79 Å². The molecule has 3 N–H and O–H groups in total. The first-order valence-corrected chi connectivity index (χ1v) is 12.0. The summed E-state index contributed by atoms with van der Waals surface area (Å²) in [5.41, 5.74) is 6.45. The molecular weight excluding hydrogens is 439 g/mol. The zero-order valence-electron chi connectivity index (χ0n) is 20.1. The summed E-state index contributed by atoms with van der Waals surface area (Å²) in [5.74, 6) is 0.971. The summed E-state index contributed by atoms with van der Waals surface area (Å²) in [6.07, 6.45) is 5.38. The van der Waals surface area contributed by atoms with Gasteiger partial charge in [0, 0.05) is 49.6 Å². The quantitative estimate of drug-likeness (QED) is 0.683. The topological polar surface area (TPSA) is 106 Å². The van der Waals surface area contributed by atoms with Crippen LogP contribution in [0.4, 0.5) is 16.2 Å². The van der Waals surface area contributed by atoms with Crippen molar-refractivity contribution in [3.05, 3.63) is 11.9 Å². The number of aromatic nitrogens is 2. The van der Waals surface area contributed by atoms with Gasteiger partial charge in [-0.15, -0.1) is 0 Å². The van der Waals surface area contributed by atoms with Crippen LogP contribution in [0.3, 0.4) is 0 Å². The molecule has 1 aromatic heterocycles. The number of carbonyl (C=O) groups excluding carboxylic acids is 1. The van der Waals surface area contributed by atoms with Crippen LogP contribution in [0.1, 0.15) is 39.0 Å². The maximum Gasteiger partial charge on any atom is 0.228 e. The predicted molar refractivity (Wildman–Crippen MR) is 128 cm³/mol. The molecule has 34 heavy (non-hydrogen) atoms. The number of fused-ring (bicyclic) bond motifs is 2. The molecule has 1 amide bonds. The van der Waals surface area contributed by atoms with Crippen LogP contribution in [0.15, 0.2) is 6.07 Å². The summed E-state index contributed by atoms with van der Waals surface area (Å²) < 4.78 is 25.5. The fourth-order valence-corrected chi connectivity index (χ4v) is 5.98. The summed E-state index contributed by atoms with van der Waals surface area (Å²) in [5, 5.41) is 4.10. The number of benzene rings is 1. The predicted octanol–water partition coefficient (Wildman–Crippen LogP) is 2.33. The maximum atomic E-state index is 15.1. The highest BCUT2D eigenvalue weighted by atomic mass is 19.1. The second kappa shape index (κ2) is 8.72. The summed E-state index contributed by atoms with van der Waals surface area (Å²) in [6, 6.07) is 1.85. The number of amides is 1. The number of rotatable bonds is 5. The Hall–Kier alpha value is -2.88. The summed E-state index contributed by atoms with van der Waals surface area (Å²) >= 11 is 0. The number of methoxy groups -OCH3 is 2. The lowest BCUT2D eigenvalue weighted by atomic mass is 9.90. The molecule has 5 rings (SSSR count). The summed E-state index contributed by atoms with van der Waals surface area (Å²) in [4.78, 5) is 25.7. The van der Waals surface area contributed by atoms with Gasteiger partial charge in [0.2, 0.25) is 11.9 Å². The number of ether oxygens (including phenoxy) is 2. The number of nitrogen functional groups attached to an aromatic ring is 1. The van der Waals surface area contributed by atoms with E-state index in [-0.39, 0.29) is 40.3 Å². The largest absolute Gasteiger partial charge is 0.493 e. The standard InChI is InChI=1S/C24H33FN6O3/c1-24-6-4-5-14(24)11-15(29-24)12-18(32)30-7-9-31(10-8-30)23-27-20-16(22(26)28-23)13-17(33-2)21(34-3)19(20)25/h13-15,29H,4-12H2,1-3H3,(H2,26,27,28)/t14-,15?,24?/m0/s1. The highest BCUT2D eigenvalue weighted by Gasteiger charge is 2.46. The van der Waals surface area contributed by atoms with Gasteiger partial charge in [-0.25, -0.2) is 9.37 Å². The second-order valence-corrected chi connectivity index (χ2v) is 9.89. The highest BCUT2D eigenvalue weighted by molar-refractivity contribution is 5.92. The Morgan fingerprint density at radius 2 is 2.03 bits per heavy atom. The molecule has 3 aliphatic rings. The van der Waals surface area contributed by atoms with E-state index in [1.807, 2.05) is 9.80 Å². The molecule has 2 aromatic rings. The third kappa shape index (κ3) is 3.87. The van der Waals surface area contributed by atoms with Gasteiger partial charge in [-0.1, -0.05) is 6.42 Å². The Bertz CT molecular complexity index is 1110. The molecule has 2 aliphatic heterocycles. The van der Waals surface area contributed by atoms with Crippen molar-refractivity contribution in [2.75, 3.05) is 51.0 Å². The number of nitrogens with one attached hydrogen (secondary N) is 1. The number of carbonyl (C=O) groups is 1. The van der Waals surface area contributed by atoms with Crippen molar-refractivity contribution in [3.63, 3.8) is 0 Å². The lowest BCUT2D eigenvalue weighted by Crippen LogP contribution is -2.50. The lowest BCUT2D eigenvalue weighted by molar-refractivity contribution is -0.132. The van der Waals surface area contributed by atoms with E-state index < -0.39 is 5.82 Å². The monoisotopic (exact) mass is 472 g/mol. The van der Waals surface area contributed by atoms with Crippen molar-refractivity contribution >= 4 is 28.6 Å². The Kier molecular flexibility index (Phi) is 5.87. The summed E-state index contributed by atoms with van der Waals surface area (Å²) in [7, 11) is 2.81. The van der Waals surface area contributed by atoms with Crippen LogP contribution in [-0.2, 0) is 4.79 Å². The molecule has 2 unspecified atom stereocenters. The minimum Gasteiger partial charge on any atom is -0.493 e. The average molecular weight is 473 g/mol. The van der Waals surface area contributed by atoms with Gasteiger partial charge in [0.15, 0.2) is 17.3 Å². The van der Waals surface area contributed by atoms with E-state index in [9.17, 15) is 4.79 Å². The molecular formula is C24H33FN6O3. The highest BCUT2D eigenvalue weighted by Crippen LogP contribution is 2.44. The minimum atomic E-state index is -0.636. The van der Waals surface area contributed by atoms with Crippen molar-refractivity contribution in [3.8, 4) is 11.5 Å². The van der Waals surface area contributed by atoms with Crippen molar-refractivity contribution in [1.82, 2.24) is 20.2 Å². The molecule has 3 heterocycles. The van der Waals surface area contributed by atoms with Gasteiger partial charge in [-0.05, 0) is 38.2 Å². The fourth-order valence-electron chi connectivity index (χ4n) is 5.98. The number of halogens is 1. The van der Waals surface area contributed by atoms with E-state index in [4.69, 9.17) is 15.2 Å². The molecule has 0 spiro atoms. The van der Waals surface area contributed by atoms with Crippen LogP contribution in [0, 0.1) is 11.7 Å². The van der Waals surface area contributed by atoms with Crippen LogP contribution < -0.4 is 25.4 Å². The SMILES string of the molecule is COc1cc2c(N)nc(N3CCN(C(=O)CC4C[C@@H]5CCCC5(C)N4)CC3)nc2c(F)c1OC.